The van der Waals surface area contributed by atoms with Crippen LogP contribution in [0, 0.1) is 0 Å². The van der Waals surface area contributed by atoms with E-state index in [9.17, 15) is 13.2 Å². The number of rotatable bonds is 5. The summed E-state index contributed by atoms with van der Waals surface area (Å²) in [5, 5.41) is 3.10. The second-order valence-electron chi connectivity index (χ2n) is 5.74. The van der Waals surface area contributed by atoms with Crippen molar-refractivity contribution in [2.75, 3.05) is 19.6 Å². The fourth-order valence-electron chi connectivity index (χ4n) is 2.40. The van der Waals surface area contributed by atoms with Crippen LogP contribution in [-0.2, 0) is 0 Å². The third kappa shape index (κ3) is 7.57. The fraction of sp³-hybridized carbons (Fsp3) is 0.857. The minimum Gasteiger partial charge on any atom is -0.311 e. The maximum atomic E-state index is 12.2. The molecule has 0 spiro atoms. The quantitative estimate of drug-likeness (QED) is 0.776. The van der Waals surface area contributed by atoms with Crippen molar-refractivity contribution in [3.8, 4) is 0 Å². The van der Waals surface area contributed by atoms with E-state index in [1.165, 1.54) is 5.57 Å². The fourth-order valence-corrected chi connectivity index (χ4v) is 2.40. The van der Waals surface area contributed by atoms with Gasteiger partial charge in [-0.3, -0.25) is 4.90 Å². The predicted octanol–water partition coefficient (Wildman–Crippen LogP) is 3.35. The Labute approximate surface area is 114 Å². The van der Waals surface area contributed by atoms with Gasteiger partial charge in [0.25, 0.3) is 0 Å². The Morgan fingerprint density at radius 3 is 2.37 bits per heavy atom. The molecule has 0 saturated carbocycles. The van der Waals surface area contributed by atoms with Gasteiger partial charge in [0.2, 0.25) is 0 Å². The highest BCUT2D eigenvalue weighted by Gasteiger charge is 2.31. The van der Waals surface area contributed by atoms with Crippen molar-refractivity contribution in [1.29, 1.82) is 0 Å². The molecule has 0 aliphatic carbocycles. The number of alkyl halides is 3. The zero-order valence-electron chi connectivity index (χ0n) is 12.1. The largest absolute Gasteiger partial charge is 0.390 e. The Balaban J connectivity index is 2.25. The van der Waals surface area contributed by atoms with E-state index in [0.29, 0.717) is 0 Å². The van der Waals surface area contributed by atoms with Gasteiger partial charge in [0.05, 0.1) is 6.42 Å². The zero-order valence-corrected chi connectivity index (χ0v) is 12.1. The van der Waals surface area contributed by atoms with Gasteiger partial charge in [0.1, 0.15) is 0 Å². The third-order valence-electron chi connectivity index (χ3n) is 3.40. The van der Waals surface area contributed by atoms with Crippen molar-refractivity contribution in [3.63, 3.8) is 0 Å². The van der Waals surface area contributed by atoms with Crippen LogP contribution in [0.3, 0.4) is 0 Å². The third-order valence-corrected chi connectivity index (χ3v) is 3.40. The summed E-state index contributed by atoms with van der Waals surface area (Å²) >= 11 is 0. The Hall–Kier alpha value is -0.550. The van der Waals surface area contributed by atoms with Crippen LogP contribution in [-0.4, -0.2) is 42.8 Å². The van der Waals surface area contributed by atoms with Crippen LogP contribution in [0.15, 0.2) is 11.6 Å². The average Bonchev–Trinajstić information content (AvgIpc) is 2.25. The van der Waals surface area contributed by atoms with Gasteiger partial charge in [-0.05, 0) is 46.7 Å². The van der Waals surface area contributed by atoms with Crippen molar-refractivity contribution in [3.05, 3.63) is 11.6 Å². The molecule has 1 saturated heterocycles. The van der Waals surface area contributed by atoms with E-state index in [4.69, 9.17) is 0 Å². The Bertz CT molecular complexity index is 288. The molecule has 0 aromatic carbocycles. The minimum absolute atomic E-state index is 0.223. The molecule has 5 heteroatoms. The van der Waals surface area contributed by atoms with Crippen LogP contribution < -0.4 is 5.32 Å². The molecule has 2 nitrogen and oxygen atoms in total. The summed E-state index contributed by atoms with van der Waals surface area (Å²) in [5.74, 6) is 0. The highest BCUT2D eigenvalue weighted by molar-refractivity contribution is 4.95. The second-order valence-corrected chi connectivity index (χ2v) is 5.74. The molecule has 19 heavy (non-hydrogen) atoms. The van der Waals surface area contributed by atoms with Crippen LogP contribution in [0.1, 0.15) is 40.0 Å². The number of nitrogens with one attached hydrogen (secondary N) is 1. The molecule has 0 aromatic heterocycles. The number of allylic oxidation sites excluding steroid dienone is 1. The molecule has 0 radical (unpaired) electrons. The maximum absolute atomic E-state index is 12.2. The van der Waals surface area contributed by atoms with Crippen LogP contribution >= 0.6 is 0 Å². The second kappa shape index (κ2) is 7.29. The van der Waals surface area contributed by atoms with E-state index in [1.807, 2.05) is 0 Å². The Morgan fingerprint density at radius 1 is 1.32 bits per heavy atom. The summed E-state index contributed by atoms with van der Waals surface area (Å²) in [7, 11) is 0. The molecule has 1 N–H and O–H groups in total. The van der Waals surface area contributed by atoms with Gasteiger partial charge < -0.3 is 5.32 Å². The number of hydrogen-bond acceptors (Lipinski definition) is 2. The lowest BCUT2D eigenvalue weighted by Gasteiger charge is -2.33. The molecule has 1 aliphatic heterocycles. The number of likely N-dealkylation sites (tertiary alicyclic amines) is 1. The van der Waals surface area contributed by atoms with E-state index in [2.05, 4.69) is 30.1 Å². The van der Waals surface area contributed by atoms with E-state index in [0.717, 1.165) is 32.5 Å². The number of nitrogens with zero attached hydrogens (tertiary/aromatic N) is 1. The number of halogens is 3. The number of hydrogen-bond donors (Lipinski definition) is 1. The van der Waals surface area contributed by atoms with Crippen LogP contribution in [0.4, 0.5) is 13.2 Å². The van der Waals surface area contributed by atoms with Crippen LogP contribution in [0.25, 0.3) is 0 Å². The summed E-state index contributed by atoms with van der Waals surface area (Å²) in [4.78, 5) is 2.35. The first-order valence-corrected chi connectivity index (χ1v) is 6.95. The molecule has 1 aliphatic rings. The molecule has 1 rings (SSSR count). The van der Waals surface area contributed by atoms with E-state index in [-0.39, 0.29) is 6.04 Å². The summed E-state index contributed by atoms with van der Waals surface area (Å²) in [6.45, 7) is 8.64. The van der Waals surface area contributed by atoms with Crippen molar-refractivity contribution >= 4 is 0 Å². The van der Waals surface area contributed by atoms with Gasteiger partial charge in [-0.15, -0.1) is 0 Å². The first kappa shape index (κ1) is 16.5. The molecule has 1 heterocycles. The monoisotopic (exact) mass is 278 g/mol. The maximum Gasteiger partial charge on any atom is 0.390 e. The molecule has 1 atom stereocenters. The van der Waals surface area contributed by atoms with Crippen molar-refractivity contribution in [2.45, 2.75) is 58.3 Å². The van der Waals surface area contributed by atoms with E-state index < -0.39 is 18.6 Å². The molecule has 0 amide bonds. The lowest BCUT2D eigenvalue weighted by molar-refractivity contribution is -0.139. The van der Waals surface area contributed by atoms with Gasteiger partial charge in [0.15, 0.2) is 0 Å². The Morgan fingerprint density at radius 2 is 1.89 bits per heavy atom. The van der Waals surface area contributed by atoms with Gasteiger partial charge in [-0.2, -0.15) is 13.2 Å². The molecular formula is C14H25F3N2. The summed E-state index contributed by atoms with van der Waals surface area (Å²) in [6.07, 6.45) is -0.765. The van der Waals surface area contributed by atoms with Gasteiger partial charge in [-0.1, -0.05) is 11.6 Å². The summed E-state index contributed by atoms with van der Waals surface area (Å²) in [5.41, 5.74) is 1.30. The molecule has 1 unspecified atom stereocenters. The Kier molecular flexibility index (Phi) is 6.33. The number of piperidine rings is 1. The average molecular weight is 278 g/mol. The van der Waals surface area contributed by atoms with Crippen molar-refractivity contribution < 1.29 is 13.2 Å². The first-order valence-electron chi connectivity index (χ1n) is 6.95. The highest BCUT2D eigenvalue weighted by Crippen LogP contribution is 2.22. The molecule has 0 aromatic rings. The zero-order chi connectivity index (χ0) is 14.5. The van der Waals surface area contributed by atoms with Crippen molar-refractivity contribution in [1.82, 2.24) is 10.2 Å². The van der Waals surface area contributed by atoms with Crippen molar-refractivity contribution in [2.24, 2.45) is 0 Å². The lowest BCUT2D eigenvalue weighted by atomic mass is 10.0. The molecule has 0 bridgehead atoms. The van der Waals surface area contributed by atoms with E-state index in [1.54, 1.807) is 6.92 Å². The standard InChI is InChI=1S/C14H25F3N2/c1-11(2)4-7-19-8-5-13(6-9-19)18-12(3)10-14(15,16)17/h4,12-13,18H,5-10H2,1-3H3. The molecule has 1 fully saturated rings. The van der Waals surface area contributed by atoms with E-state index >= 15 is 0 Å². The van der Waals surface area contributed by atoms with Gasteiger partial charge >= 0.3 is 6.18 Å². The minimum atomic E-state index is -4.07. The SMILES string of the molecule is CC(C)=CCN1CCC(NC(C)CC(F)(F)F)CC1. The highest BCUT2D eigenvalue weighted by atomic mass is 19.4. The topological polar surface area (TPSA) is 15.3 Å². The smallest absolute Gasteiger partial charge is 0.311 e. The summed E-state index contributed by atoms with van der Waals surface area (Å²) < 4.78 is 36.7. The predicted molar refractivity (Wildman–Crippen MR) is 72.2 cm³/mol. The lowest BCUT2D eigenvalue weighted by Crippen LogP contribution is -2.46. The van der Waals surface area contributed by atoms with Crippen LogP contribution in [0.5, 0.6) is 0 Å². The van der Waals surface area contributed by atoms with Crippen LogP contribution in [0.2, 0.25) is 0 Å². The van der Waals surface area contributed by atoms with Gasteiger partial charge in [-0.25, -0.2) is 0 Å². The summed E-state index contributed by atoms with van der Waals surface area (Å²) in [6, 6.07) is -0.269. The molecule has 112 valence electrons. The van der Waals surface area contributed by atoms with Gasteiger partial charge in [0, 0.05) is 18.6 Å². The first-order chi connectivity index (χ1) is 8.76. The molecular weight excluding hydrogens is 253 g/mol. The normalized spacial score (nSPS) is 20.3.